The Morgan fingerprint density at radius 3 is 2.66 bits per heavy atom. The Labute approximate surface area is 166 Å². The number of aryl methyl sites for hydroxylation is 1. The van der Waals surface area contributed by atoms with Crippen molar-refractivity contribution in [2.24, 2.45) is 0 Å². The third-order valence-electron chi connectivity index (χ3n) is 4.62. The number of nitrogens with zero attached hydrogens (tertiary/aromatic N) is 1. The summed E-state index contributed by atoms with van der Waals surface area (Å²) in [7, 11) is 0. The standard InChI is InChI=1S/C20H23N3O6/c24-15(21-11-4-7-13-5-2-1-3-6-13)9-8-14-17(26)18(27)19(29-14)23-12-10-16(25)22-20(23)28/h1-3,5-6,8-10,12,14,17-19,26-27H,4,7,11H2,(H,21,24)(H,22,25,28)/b9-8+/t14-,17-,18-,19-/m1/s1. The van der Waals surface area contributed by atoms with Gasteiger partial charge in [-0.15, -0.1) is 0 Å². The van der Waals surface area contributed by atoms with Crippen LogP contribution >= 0.6 is 0 Å². The van der Waals surface area contributed by atoms with E-state index in [0.717, 1.165) is 23.5 Å². The first-order valence-electron chi connectivity index (χ1n) is 9.29. The fourth-order valence-corrected chi connectivity index (χ4v) is 3.09. The Hall–Kier alpha value is -3.01. The molecule has 2 heterocycles. The van der Waals surface area contributed by atoms with Crippen LogP contribution in [-0.4, -0.2) is 50.5 Å². The summed E-state index contributed by atoms with van der Waals surface area (Å²) in [5.74, 6) is -0.354. The minimum atomic E-state index is -1.40. The number of carbonyl (C=O) groups is 1. The van der Waals surface area contributed by atoms with Crippen LogP contribution in [-0.2, 0) is 16.0 Å². The lowest BCUT2D eigenvalue weighted by molar-refractivity contribution is -0.116. The Morgan fingerprint density at radius 2 is 1.93 bits per heavy atom. The number of amides is 1. The molecule has 0 bridgehead atoms. The Balaban J connectivity index is 1.51. The molecule has 9 nitrogen and oxygen atoms in total. The van der Waals surface area contributed by atoms with Crippen LogP contribution < -0.4 is 16.6 Å². The number of nitrogens with one attached hydrogen (secondary N) is 2. The monoisotopic (exact) mass is 401 g/mol. The minimum Gasteiger partial charge on any atom is -0.387 e. The molecule has 9 heteroatoms. The molecule has 0 radical (unpaired) electrons. The summed E-state index contributed by atoms with van der Waals surface area (Å²) in [6.45, 7) is 0.490. The van der Waals surface area contributed by atoms with Crippen LogP contribution in [0.25, 0.3) is 0 Å². The van der Waals surface area contributed by atoms with Crippen molar-refractivity contribution in [2.75, 3.05) is 6.54 Å². The van der Waals surface area contributed by atoms with E-state index in [-0.39, 0.29) is 5.91 Å². The minimum absolute atomic E-state index is 0.354. The predicted molar refractivity (Wildman–Crippen MR) is 104 cm³/mol. The Kier molecular flexibility index (Phi) is 6.76. The fourth-order valence-electron chi connectivity index (χ4n) is 3.09. The maximum absolute atomic E-state index is 11.9. The third-order valence-corrected chi connectivity index (χ3v) is 4.62. The number of aliphatic hydroxyl groups excluding tert-OH is 2. The second-order valence-electron chi connectivity index (χ2n) is 6.73. The fraction of sp³-hybridized carbons (Fsp3) is 0.350. The average molecular weight is 401 g/mol. The number of ether oxygens (including phenoxy) is 1. The molecular weight excluding hydrogens is 378 g/mol. The van der Waals surface area contributed by atoms with Crippen LogP contribution in [0.5, 0.6) is 0 Å². The third kappa shape index (κ3) is 5.29. The zero-order valence-corrected chi connectivity index (χ0v) is 15.6. The van der Waals surface area contributed by atoms with Crippen LogP contribution in [0.4, 0.5) is 0 Å². The van der Waals surface area contributed by atoms with E-state index in [1.807, 2.05) is 30.3 Å². The van der Waals surface area contributed by atoms with Crippen molar-refractivity contribution in [1.82, 2.24) is 14.9 Å². The molecule has 1 aliphatic heterocycles. The summed E-state index contributed by atoms with van der Waals surface area (Å²) in [5, 5.41) is 23.0. The summed E-state index contributed by atoms with van der Waals surface area (Å²) < 4.78 is 6.48. The van der Waals surface area contributed by atoms with Crippen molar-refractivity contribution in [2.45, 2.75) is 37.4 Å². The molecule has 0 spiro atoms. The largest absolute Gasteiger partial charge is 0.387 e. The van der Waals surface area contributed by atoms with Gasteiger partial charge in [0.15, 0.2) is 6.23 Å². The SMILES string of the molecule is O=C(/C=C/[C@H]1O[C@@H](n2ccc(=O)[nH]c2=O)[C@H](O)[C@@H]1O)NCCCc1ccccc1. The zero-order valence-electron chi connectivity index (χ0n) is 15.6. The highest BCUT2D eigenvalue weighted by atomic mass is 16.6. The van der Waals surface area contributed by atoms with Crippen LogP contribution in [0.2, 0.25) is 0 Å². The lowest BCUT2D eigenvalue weighted by Gasteiger charge is -2.16. The van der Waals surface area contributed by atoms with E-state index in [4.69, 9.17) is 4.74 Å². The van der Waals surface area contributed by atoms with Crippen molar-refractivity contribution >= 4 is 5.91 Å². The van der Waals surface area contributed by atoms with Crippen molar-refractivity contribution in [3.05, 3.63) is 81.1 Å². The molecule has 1 aliphatic rings. The molecule has 0 aliphatic carbocycles. The highest BCUT2D eigenvalue weighted by Crippen LogP contribution is 2.28. The molecule has 1 saturated heterocycles. The number of hydrogen-bond donors (Lipinski definition) is 4. The van der Waals surface area contributed by atoms with Gasteiger partial charge in [-0.1, -0.05) is 30.3 Å². The molecule has 1 aromatic carbocycles. The van der Waals surface area contributed by atoms with E-state index in [1.165, 1.54) is 23.9 Å². The van der Waals surface area contributed by atoms with Crippen molar-refractivity contribution in [3.63, 3.8) is 0 Å². The number of aromatic amines is 1. The second-order valence-corrected chi connectivity index (χ2v) is 6.73. The molecular formula is C20H23N3O6. The number of carbonyl (C=O) groups excluding carboxylic acids is 1. The summed E-state index contributed by atoms with van der Waals surface area (Å²) in [6, 6.07) is 11.0. The quantitative estimate of drug-likeness (QED) is 0.364. The number of H-pyrrole nitrogens is 1. The highest BCUT2D eigenvalue weighted by molar-refractivity contribution is 5.87. The second kappa shape index (κ2) is 9.46. The number of rotatable bonds is 7. The number of hydrogen-bond acceptors (Lipinski definition) is 6. The first-order chi connectivity index (χ1) is 14.0. The number of aromatic nitrogens is 2. The van der Waals surface area contributed by atoms with E-state index in [0.29, 0.717) is 6.54 Å². The molecule has 29 heavy (non-hydrogen) atoms. The van der Waals surface area contributed by atoms with Gasteiger partial charge in [0, 0.05) is 24.9 Å². The maximum atomic E-state index is 11.9. The molecule has 4 N–H and O–H groups in total. The lowest BCUT2D eigenvalue weighted by atomic mass is 10.1. The van der Waals surface area contributed by atoms with Crippen molar-refractivity contribution in [1.29, 1.82) is 0 Å². The molecule has 0 unspecified atom stereocenters. The highest BCUT2D eigenvalue weighted by Gasteiger charge is 2.42. The van der Waals surface area contributed by atoms with Crippen LogP contribution in [0.15, 0.2) is 64.3 Å². The number of aliphatic hydroxyl groups is 2. The first-order valence-corrected chi connectivity index (χ1v) is 9.29. The summed E-state index contributed by atoms with van der Waals surface area (Å²) in [5.41, 5.74) is -0.161. The molecule has 1 amide bonds. The summed E-state index contributed by atoms with van der Waals surface area (Å²) in [6.07, 6.45) is 0.454. The van der Waals surface area contributed by atoms with E-state index < -0.39 is 35.8 Å². The van der Waals surface area contributed by atoms with Crippen LogP contribution in [0, 0.1) is 0 Å². The van der Waals surface area contributed by atoms with E-state index >= 15 is 0 Å². The number of benzene rings is 1. The predicted octanol–water partition coefficient (Wildman–Crippen LogP) is -0.539. The smallest absolute Gasteiger partial charge is 0.330 e. The normalized spacial score (nSPS) is 24.1. The first kappa shape index (κ1) is 20.7. The van der Waals surface area contributed by atoms with Gasteiger partial charge in [-0.2, -0.15) is 0 Å². The van der Waals surface area contributed by atoms with E-state index in [2.05, 4.69) is 10.3 Å². The molecule has 3 rings (SSSR count). The molecule has 1 aromatic heterocycles. The van der Waals surface area contributed by atoms with Gasteiger partial charge >= 0.3 is 5.69 Å². The van der Waals surface area contributed by atoms with Crippen LogP contribution in [0.1, 0.15) is 18.2 Å². The Morgan fingerprint density at radius 1 is 1.17 bits per heavy atom. The summed E-state index contributed by atoms with van der Waals surface area (Å²) >= 11 is 0. The van der Waals surface area contributed by atoms with E-state index in [9.17, 15) is 24.6 Å². The van der Waals surface area contributed by atoms with Gasteiger partial charge in [0.1, 0.15) is 18.3 Å². The lowest BCUT2D eigenvalue weighted by Crippen LogP contribution is -2.37. The van der Waals surface area contributed by atoms with Gasteiger partial charge < -0.3 is 20.3 Å². The van der Waals surface area contributed by atoms with Gasteiger partial charge in [0.2, 0.25) is 5.91 Å². The van der Waals surface area contributed by atoms with Crippen LogP contribution in [0.3, 0.4) is 0 Å². The van der Waals surface area contributed by atoms with Gasteiger partial charge in [-0.05, 0) is 24.5 Å². The van der Waals surface area contributed by atoms with Crippen molar-refractivity contribution in [3.8, 4) is 0 Å². The molecule has 4 atom stereocenters. The molecule has 1 fully saturated rings. The Bertz CT molecular complexity index is 968. The van der Waals surface area contributed by atoms with Gasteiger partial charge in [0.25, 0.3) is 5.56 Å². The van der Waals surface area contributed by atoms with Gasteiger partial charge in [0.05, 0.1) is 0 Å². The van der Waals surface area contributed by atoms with Gasteiger partial charge in [-0.3, -0.25) is 19.1 Å². The van der Waals surface area contributed by atoms with Crippen molar-refractivity contribution < 1.29 is 19.7 Å². The topological polar surface area (TPSA) is 134 Å². The molecule has 2 aromatic rings. The maximum Gasteiger partial charge on any atom is 0.330 e. The van der Waals surface area contributed by atoms with E-state index in [1.54, 1.807) is 0 Å². The average Bonchev–Trinajstić information content (AvgIpc) is 2.99. The summed E-state index contributed by atoms with van der Waals surface area (Å²) in [4.78, 5) is 37.0. The zero-order chi connectivity index (χ0) is 20.8. The molecule has 0 saturated carbocycles. The molecule has 154 valence electrons. The van der Waals surface area contributed by atoms with Gasteiger partial charge in [-0.25, -0.2) is 4.79 Å².